The number of rotatable bonds is 4. The molecule has 0 radical (unpaired) electrons. The van der Waals surface area contributed by atoms with E-state index in [0.717, 1.165) is 0 Å². The van der Waals surface area contributed by atoms with Gasteiger partial charge in [0.15, 0.2) is 0 Å². The number of methoxy groups -OCH3 is 1. The van der Waals surface area contributed by atoms with Gasteiger partial charge in [-0.25, -0.2) is 4.98 Å². The van der Waals surface area contributed by atoms with Crippen LogP contribution in [0.4, 0.5) is 10.3 Å². The minimum Gasteiger partial charge on any atom is -0.479 e. The zero-order valence-electron chi connectivity index (χ0n) is 16.6. The number of piperazine rings is 1. The lowest BCUT2D eigenvalue weighted by atomic mass is 10.1. The van der Waals surface area contributed by atoms with Crippen LogP contribution in [-0.2, 0) is 7.05 Å². The molecule has 3 aromatic rings. The van der Waals surface area contributed by atoms with Gasteiger partial charge in [0.05, 0.1) is 7.11 Å². The minimum atomic E-state index is -0.914. The fourth-order valence-corrected chi connectivity index (χ4v) is 3.44. The van der Waals surface area contributed by atoms with E-state index in [0.29, 0.717) is 37.3 Å². The van der Waals surface area contributed by atoms with Crippen LogP contribution in [0.15, 0.2) is 41.3 Å². The van der Waals surface area contributed by atoms with Crippen molar-refractivity contribution in [1.29, 1.82) is 0 Å². The molecule has 2 aromatic heterocycles. The molecule has 9 nitrogen and oxygen atoms in total. The first-order valence-electron chi connectivity index (χ1n) is 9.45. The molecule has 10 heteroatoms. The first-order valence-corrected chi connectivity index (χ1v) is 9.45. The second kappa shape index (κ2) is 7.97. The number of aromatic amines is 1. The number of ether oxygens (including phenoxy) is 1. The van der Waals surface area contributed by atoms with E-state index < -0.39 is 11.4 Å². The van der Waals surface area contributed by atoms with Crippen molar-refractivity contribution in [2.75, 3.05) is 38.2 Å². The molecule has 4 rings (SSSR count). The zero-order chi connectivity index (χ0) is 21.3. The van der Waals surface area contributed by atoms with Gasteiger partial charge in [0, 0.05) is 45.0 Å². The molecule has 1 N–H and O–H groups in total. The van der Waals surface area contributed by atoms with Crippen molar-refractivity contribution in [3.05, 3.63) is 58.3 Å². The molecule has 1 fully saturated rings. The van der Waals surface area contributed by atoms with E-state index in [-0.39, 0.29) is 23.4 Å². The Morgan fingerprint density at radius 3 is 2.53 bits per heavy atom. The van der Waals surface area contributed by atoms with Crippen molar-refractivity contribution >= 4 is 11.9 Å². The SMILES string of the molecule is COc1nn(C)cc1C(=O)N1CCN(c2nc(-c3ccccc3)c(F)c(=O)[nH]2)CC1. The first kappa shape index (κ1) is 19.6. The number of aryl methyl sites for hydroxylation is 1. The summed E-state index contributed by atoms with van der Waals surface area (Å²) in [5.41, 5.74) is 0.110. The van der Waals surface area contributed by atoms with Crippen LogP contribution in [0.5, 0.6) is 5.88 Å². The van der Waals surface area contributed by atoms with Crippen LogP contribution in [-0.4, -0.2) is 63.8 Å². The number of hydrogen-bond donors (Lipinski definition) is 1. The lowest BCUT2D eigenvalue weighted by Gasteiger charge is -2.35. The summed E-state index contributed by atoms with van der Waals surface area (Å²) in [7, 11) is 3.19. The summed E-state index contributed by atoms with van der Waals surface area (Å²) in [6, 6.07) is 8.73. The van der Waals surface area contributed by atoms with Gasteiger partial charge in [-0.15, -0.1) is 5.10 Å². The number of anilines is 1. The molecule has 1 amide bonds. The number of H-pyrrole nitrogens is 1. The quantitative estimate of drug-likeness (QED) is 0.694. The molecule has 0 saturated carbocycles. The maximum absolute atomic E-state index is 14.4. The van der Waals surface area contributed by atoms with E-state index in [4.69, 9.17) is 4.74 Å². The highest BCUT2D eigenvalue weighted by Crippen LogP contribution is 2.22. The Kier molecular flexibility index (Phi) is 5.21. The maximum atomic E-state index is 14.4. The highest BCUT2D eigenvalue weighted by molar-refractivity contribution is 5.96. The standard InChI is InChI=1S/C20H21FN6O3/c1-25-12-14(18(24-25)30-2)19(29)26-8-10-27(11-9-26)20-22-16(15(21)17(28)23-20)13-6-4-3-5-7-13/h3-7,12H,8-11H2,1-2H3,(H,22,23,28). The molecule has 0 spiro atoms. The topological polar surface area (TPSA) is 96.3 Å². The van der Waals surface area contributed by atoms with Gasteiger partial charge in [-0.1, -0.05) is 30.3 Å². The number of aromatic nitrogens is 4. The molecule has 0 bridgehead atoms. The lowest BCUT2D eigenvalue weighted by molar-refractivity contribution is 0.0742. The molecule has 1 saturated heterocycles. The van der Waals surface area contributed by atoms with Crippen molar-refractivity contribution in [1.82, 2.24) is 24.6 Å². The largest absolute Gasteiger partial charge is 0.479 e. The summed E-state index contributed by atoms with van der Waals surface area (Å²) in [6.07, 6.45) is 1.62. The van der Waals surface area contributed by atoms with E-state index in [2.05, 4.69) is 15.1 Å². The Bertz CT molecular complexity index is 1120. The summed E-state index contributed by atoms with van der Waals surface area (Å²) in [4.78, 5) is 35.3. The average molecular weight is 412 g/mol. The van der Waals surface area contributed by atoms with Gasteiger partial charge >= 0.3 is 0 Å². The van der Waals surface area contributed by atoms with Gasteiger partial charge in [-0.05, 0) is 0 Å². The second-order valence-corrected chi connectivity index (χ2v) is 6.92. The Balaban J connectivity index is 1.52. The monoisotopic (exact) mass is 412 g/mol. The molecule has 1 aliphatic rings. The number of benzene rings is 1. The zero-order valence-corrected chi connectivity index (χ0v) is 16.6. The number of halogens is 1. The van der Waals surface area contributed by atoms with Crippen LogP contribution in [0.3, 0.4) is 0 Å². The molecule has 30 heavy (non-hydrogen) atoms. The van der Waals surface area contributed by atoms with Crippen molar-refractivity contribution in [3.8, 4) is 17.1 Å². The molecule has 156 valence electrons. The van der Waals surface area contributed by atoms with Gasteiger partial charge in [0.25, 0.3) is 11.5 Å². The van der Waals surface area contributed by atoms with E-state index >= 15 is 0 Å². The number of amides is 1. The van der Waals surface area contributed by atoms with Gasteiger partial charge < -0.3 is 14.5 Å². The molecular weight excluding hydrogens is 391 g/mol. The Labute approximate surface area is 171 Å². The first-order chi connectivity index (χ1) is 14.5. The Hall–Kier alpha value is -3.69. The lowest BCUT2D eigenvalue weighted by Crippen LogP contribution is -2.49. The van der Waals surface area contributed by atoms with Gasteiger partial charge in [0.1, 0.15) is 11.3 Å². The van der Waals surface area contributed by atoms with E-state index in [1.54, 1.807) is 42.4 Å². The van der Waals surface area contributed by atoms with Crippen molar-refractivity contribution < 1.29 is 13.9 Å². The second-order valence-electron chi connectivity index (χ2n) is 6.92. The van der Waals surface area contributed by atoms with Crippen LogP contribution >= 0.6 is 0 Å². The highest BCUT2D eigenvalue weighted by atomic mass is 19.1. The third-order valence-corrected chi connectivity index (χ3v) is 4.98. The maximum Gasteiger partial charge on any atom is 0.289 e. The van der Waals surface area contributed by atoms with E-state index in [1.807, 2.05) is 11.0 Å². The van der Waals surface area contributed by atoms with E-state index in [9.17, 15) is 14.0 Å². The predicted molar refractivity (Wildman–Crippen MR) is 108 cm³/mol. The smallest absolute Gasteiger partial charge is 0.289 e. The van der Waals surface area contributed by atoms with Crippen LogP contribution in [0.1, 0.15) is 10.4 Å². The van der Waals surface area contributed by atoms with Crippen molar-refractivity contribution in [3.63, 3.8) is 0 Å². The molecule has 1 aliphatic heterocycles. The fourth-order valence-electron chi connectivity index (χ4n) is 3.44. The molecular formula is C20H21FN6O3. The van der Waals surface area contributed by atoms with Crippen LogP contribution < -0.4 is 15.2 Å². The summed E-state index contributed by atoms with van der Waals surface area (Å²) in [5.74, 6) is -0.527. The Morgan fingerprint density at radius 2 is 1.87 bits per heavy atom. The van der Waals surface area contributed by atoms with Crippen LogP contribution in [0, 0.1) is 5.82 Å². The minimum absolute atomic E-state index is 0.00736. The Morgan fingerprint density at radius 1 is 1.17 bits per heavy atom. The molecule has 1 aromatic carbocycles. The average Bonchev–Trinajstić information content (AvgIpc) is 3.16. The van der Waals surface area contributed by atoms with Gasteiger partial charge in [0.2, 0.25) is 17.6 Å². The number of nitrogens with one attached hydrogen (secondary N) is 1. The number of hydrogen-bond acceptors (Lipinski definition) is 6. The summed E-state index contributed by atoms with van der Waals surface area (Å²) in [5, 5.41) is 4.12. The third kappa shape index (κ3) is 3.63. The number of carbonyl (C=O) groups is 1. The fraction of sp³-hybridized carbons (Fsp3) is 0.300. The van der Waals surface area contributed by atoms with Crippen LogP contribution in [0.2, 0.25) is 0 Å². The summed E-state index contributed by atoms with van der Waals surface area (Å²) < 4.78 is 21.1. The summed E-state index contributed by atoms with van der Waals surface area (Å²) in [6.45, 7) is 1.71. The van der Waals surface area contributed by atoms with Gasteiger partial charge in [-0.2, -0.15) is 4.39 Å². The van der Waals surface area contributed by atoms with E-state index in [1.165, 1.54) is 11.8 Å². The number of nitrogens with zero attached hydrogens (tertiary/aromatic N) is 5. The van der Waals surface area contributed by atoms with Crippen LogP contribution in [0.25, 0.3) is 11.3 Å². The highest BCUT2D eigenvalue weighted by Gasteiger charge is 2.27. The normalized spacial score (nSPS) is 14.1. The van der Waals surface area contributed by atoms with Gasteiger partial charge in [-0.3, -0.25) is 19.3 Å². The predicted octanol–water partition coefficient (Wildman–Crippen LogP) is 1.28. The summed E-state index contributed by atoms with van der Waals surface area (Å²) >= 11 is 0. The van der Waals surface area contributed by atoms with Crippen molar-refractivity contribution in [2.45, 2.75) is 0 Å². The number of carbonyl (C=O) groups excluding carboxylic acids is 1. The molecule has 0 aliphatic carbocycles. The molecule has 0 atom stereocenters. The van der Waals surface area contributed by atoms with Crippen molar-refractivity contribution in [2.24, 2.45) is 7.05 Å². The molecule has 3 heterocycles. The molecule has 0 unspecified atom stereocenters. The third-order valence-electron chi connectivity index (χ3n) is 4.98.